The Hall–Kier alpha value is -3.55. The first-order chi connectivity index (χ1) is 13.5. The summed E-state index contributed by atoms with van der Waals surface area (Å²) in [5.41, 5.74) is 1.25. The van der Waals surface area contributed by atoms with E-state index in [0.717, 1.165) is 0 Å². The molecular formula is C20H18N2O6. The second-order valence-corrected chi connectivity index (χ2v) is 6.53. The van der Waals surface area contributed by atoms with Crippen LogP contribution in [0.4, 0.5) is 5.69 Å². The Morgan fingerprint density at radius 1 is 1.36 bits per heavy atom. The Morgan fingerprint density at radius 2 is 2.21 bits per heavy atom. The van der Waals surface area contributed by atoms with Gasteiger partial charge in [-0.2, -0.15) is 0 Å². The Labute approximate surface area is 160 Å². The van der Waals surface area contributed by atoms with Gasteiger partial charge in [-0.05, 0) is 31.2 Å². The Morgan fingerprint density at radius 3 is 2.93 bits per heavy atom. The largest absolute Gasteiger partial charge is 0.487 e. The summed E-state index contributed by atoms with van der Waals surface area (Å²) >= 11 is 0. The Kier molecular flexibility index (Phi) is 4.60. The molecule has 1 atom stereocenters. The van der Waals surface area contributed by atoms with Gasteiger partial charge in [0.15, 0.2) is 5.76 Å². The molecule has 2 aromatic heterocycles. The van der Waals surface area contributed by atoms with Crippen LogP contribution in [0.15, 0.2) is 51.5 Å². The highest BCUT2D eigenvalue weighted by Gasteiger charge is 2.35. The fourth-order valence-corrected chi connectivity index (χ4v) is 3.08. The molecule has 3 heterocycles. The van der Waals surface area contributed by atoms with Crippen molar-refractivity contribution in [2.45, 2.75) is 20.0 Å². The van der Waals surface area contributed by atoms with Crippen molar-refractivity contribution in [2.75, 3.05) is 11.4 Å². The third kappa shape index (κ3) is 3.48. The van der Waals surface area contributed by atoms with E-state index in [-0.39, 0.29) is 25.5 Å². The van der Waals surface area contributed by atoms with Crippen LogP contribution in [0.5, 0.6) is 5.75 Å². The summed E-state index contributed by atoms with van der Waals surface area (Å²) in [5.74, 6) is 0.244. The molecule has 1 saturated heterocycles. The fourth-order valence-electron chi connectivity index (χ4n) is 3.08. The maximum atomic E-state index is 12.1. The molecule has 0 saturated carbocycles. The number of ether oxygens (including phenoxy) is 1. The van der Waals surface area contributed by atoms with Crippen LogP contribution in [0.3, 0.4) is 0 Å². The highest BCUT2D eigenvalue weighted by molar-refractivity contribution is 5.99. The highest BCUT2D eigenvalue weighted by atomic mass is 16.5. The van der Waals surface area contributed by atoms with Gasteiger partial charge >= 0.3 is 5.97 Å². The zero-order valence-corrected chi connectivity index (χ0v) is 15.1. The monoisotopic (exact) mass is 382 g/mol. The quantitative estimate of drug-likeness (QED) is 0.697. The van der Waals surface area contributed by atoms with Gasteiger partial charge in [0, 0.05) is 24.7 Å². The molecule has 8 nitrogen and oxygen atoms in total. The van der Waals surface area contributed by atoms with Crippen LogP contribution in [0, 0.1) is 12.8 Å². The van der Waals surface area contributed by atoms with Gasteiger partial charge in [-0.1, -0.05) is 6.07 Å². The Balaban J connectivity index is 1.46. The lowest BCUT2D eigenvalue weighted by Crippen LogP contribution is -2.25. The number of carbonyl (C=O) groups is 2. The second-order valence-electron chi connectivity index (χ2n) is 6.53. The summed E-state index contributed by atoms with van der Waals surface area (Å²) in [6.07, 6.45) is 1.55. The number of rotatable bonds is 6. The molecule has 144 valence electrons. The third-order valence-electron chi connectivity index (χ3n) is 4.60. The van der Waals surface area contributed by atoms with Gasteiger partial charge in [0.25, 0.3) is 5.89 Å². The maximum Gasteiger partial charge on any atom is 0.308 e. The molecule has 0 bridgehead atoms. The highest BCUT2D eigenvalue weighted by Crippen LogP contribution is 2.29. The van der Waals surface area contributed by atoms with Crippen molar-refractivity contribution < 1.29 is 28.3 Å². The number of amides is 1. The summed E-state index contributed by atoms with van der Waals surface area (Å²) < 4.78 is 16.7. The van der Waals surface area contributed by atoms with Gasteiger partial charge in [0.1, 0.15) is 23.8 Å². The van der Waals surface area contributed by atoms with E-state index in [0.29, 0.717) is 34.5 Å². The van der Waals surface area contributed by atoms with E-state index in [1.807, 2.05) is 0 Å². The van der Waals surface area contributed by atoms with Gasteiger partial charge in [-0.3, -0.25) is 9.59 Å². The number of hydrogen-bond acceptors (Lipinski definition) is 6. The zero-order valence-electron chi connectivity index (χ0n) is 15.1. The molecule has 4 rings (SSSR count). The van der Waals surface area contributed by atoms with Gasteiger partial charge in [0.05, 0.1) is 12.2 Å². The Bertz CT molecular complexity index is 1010. The lowest BCUT2D eigenvalue weighted by atomic mass is 10.1. The minimum absolute atomic E-state index is 0.00804. The van der Waals surface area contributed by atoms with Crippen molar-refractivity contribution >= 4 is 17.6 Å². The first kappa shape index (κ1) is 17.8. The lowest BCUT2D eigenvalue weighted by Gasteiger charge is -2.17. The van der Waals surface area contributed by atoms with Gasteiger partial charge < -0.3 is 23.6 Å². The molecule has 0 radical (unpaired) electrons. The number of nitrogens with zero attached hydrogens (tertiary/aromatic N) is 2. The predicted molar refractivity (Wildman–Crippen MR) is 97.8 cm³/mol. The van der Waals surface area contributed by atoms with Crippen molar-refractivity contribution in [1.29, 1.82) is 0 Å². The van der Waals surface area contributed by atoms with E-state index in [2.05, 4.69) is 4.98 Å². The number of furan rings is 1. The fraction of sp³-hybridized carbons (Fsp3) is 0.250. The molecule has 1 amide bonds. The summed E-state index contributed by atoms with van der Waals surface area (Å²) in [5, 5.41) is 9.13. The van der Waals surface area contributed by atoms with E-state index in [4.69, 9.17) is 18.7 Å². The van der Waals surface area contributed by atoms with Crippen LogP contribution in [0.25, 0.3) is 11.7 Å². The average Bonchev–Trinajstić information content (AvgIpc) is 3.40. The smallest absolute Gasteiger partial charge is 0.308 e. The molecule has 3 aromatic rings. The van der Waals surface area contributed by atoms with Crippen molar-refractivity contribution in [3.8, 4) is 17.4 Å². The summed E-state index contributed by atoms with van der Waals surface area (Å²) in [6, 6.07) is 10.5. The van der Waals surface area contributed by atoms with Crippen molar-refractivity contribution in [2.24, 2.45) is 5.92 Å². The average molecular weight is 382 g/mol. The third-order valence-corrected chi connectivity index (χ3v) is 4.60. The second kappa shape index (κ2) is 7.22. The molecule has 0 spiro atoms. The molecule has 1 aliphatic rings. The molecule has 28 heavy (non-hydrogen) atoms. The molecule has 1 aromatic carbocycles. The number of oxazole rings is 1. The van der Waals surface area contributed by atoms with Gasteiger partial charge in [-0.15, -0.1) is 0 Å². The van der Waals surface area contributed by atoms with Crippen LogP contribution in [-0.4, -0.2) is 28.5 Å². The number of carboxylic acid groups (broad SMARTS) is 1. The van der Waals surface area contributed by atoms with Gasteiger partial charge in [-0.25, -0.2) is 4.98 Å². The molecule has 8 heteroatoms. The van der Waals surface area contributed by atoms with Crippen LogP contribution >= 0.6 is 0 Å². The first-order valence-corrected chi connectivity index (χ1v) is 8.77. The van der Waals surface area contributed by atoms with E-state index in [1.54, 1.807) is 49.6 Å². The summed E-state index contributed by atoms with van der Waals surface area (Å²) in [7, 11) is 0. The zero-order chi connectivity index (χ0) is 19.7. The number of carbonyl (C=O) groups excluding carboxylic acids is 1. The maximum absolute atomic E-state index is 12.1. The lowest BCUT2D eigenvalue weighted by molar-refractivity contribution is -0.141. The molecule has 1 N–H and O–H groups in total. The van der Waals surface area contributed by atoms with E-state index >= 15 is 0 Å². The molecule has 0 aliphatic carbocycles. The number of anilines is 1. The van der Waals surface area contributed by atoms with Crippen LogP contribution in [0.1, 0.15) is 17.9 Å². The molecular weight excluding hydrogens is 364 g/mol. The standard InChI is InChI=1S/C20H18N2O6/c1-12-16(21-19(28-12)17-6-3-7-26-17)11-27-15-5-2-4-14(9-15)22-10-13(20(24)25)8-18(22)23/h2-7,9,13H,8,10-11H2,1H3,(H,24,25)/t13-/m0/s1. The van der Waals surface area contributed by atoms with Crippen molar-refractivity contribution in [1.82, 2.24) is 4.98 Å². The van der Waals surface area contributed by atoms with E-state index < -0.39 is 11.9 Å². The molecule has 1 aliphatic heterocycles. The van der Waals surface area contributed by atoms with Crippen molar-refractivity contribution in [3.63, 3.8) is 0 Å². The topological polar surface area (TPSA) is 106 Å². The minimum atomic E-state index is -0.961. The molecule has 0 unspecified atom stereocenters. The SMILES string of the molecule is Cc1oc(-c2ccco2)nc1COc1cccc(N2C[C@@H](C(=O)O)CC2=O)c1. The van der Waals surface area contributed by atoms with Gasteiger partial charge in [0.2, 0.25) is 5.91 Å². The van der Waals surface area contributed by atoms with Crippen LogP contribution < -0.4 is 9.64 Å². The number of carboxylic acids is 1. The minimum Gasteiger partial charge on any atom is -0.487 e. The number of aromatic nitrogens is 1. The normalized spacial score (nSPS) is 16.5. The number of benzene rings is 1. The van der Waals surface area contributed by atoms with E-state index in [1.165, 1.54) is 4.90 Å². The number of hydrogen-bond donors (Lipinski definition) is 1. The van der Waals surface area contributed by atoms with E-state index in [9.17, 15) is 9.59 Å². The summed E-state index contributed by atoms with van der Waals surface area (Å²) in [4.78, 5) is 29.1. The number of aryl methyl sites for hydroxylation is 1. The molecule has 1 fully saturated rings. The van der Waals surface area contributed by atoms with Crippen LogP contribution in [0.2, 0.25) is 0 Å². The van der Waals surface area contributed by atoms with Crippen LogP contribution in [-0.2, 0) is 16.2 Å². The van der Waals surface area contributed by atoms with Crippen molar-refractivity contribution in [3.05, 3.63) is 54.1 Å². The number of aliphatic carboxylic acids is 1. The first-order valence-electron chi connectivity index (χ1n) is 8.77. The summed E-state index contributed by atoms with van der Waals surface area (Å²) in [6.45, 7) is 2.14. The predicted octanol–water partition coefficient (Wildman–Crippen LogP) is 3.26.